The molecule has 0 aliphatic carbocycles. The van der Waals surface area contributed by atoms with Crippen molar-refractivity contribution in [1.82, 2.24) is 0 Å². The standard InChI is InChI=1S/C11H11NOS/c1-2-8-9(12)3-4-10-11(8)7(5-13)6-14-10/h3-6H,2,12H2,1H3. The van der Waals surface area contributed by atoms with Gasteiger partial charge >= 0.3 is 0 Å². The first-order valence-electron chi connectivity index (χ1n) is 4.51. The normalized spacial score (nSPS) is 10.6. The molecule has 1 aromatic heterocycles. The van der Waals surface area contributed by atoms with Crippen molar-refractivity contribution in [2.75, 3.05) is 5.73 Å². The number of hydrogen-bond donors (Lipinski definition) is 1. The number of thiophene rings is 1. The fraction of sp³-hybridized carbons (Fsp3) is 0.182. The lowest BCUT2D eigenvalue weighted by atomic mass is 10.0. The van der Waals surface area contributed by atoms with Crippen LogP contribution in [0.1, 0.15) is 22.8 Å². The molecular formula is C11H11NOS. The number of fused-ring (bicyclic) bond motifs is 1. The van der Waals surface area contributed by atoms with Gasteiger partial charge in [0.05, 0.1) is 0 Å². The molecule has 2 aromatic rings. The number of nitrogens with two attached hydrogens (primary N) is 1. The molecule has 2 nitrogen and oxygen atoms in total. The number of aldehydes is 1. The first-order valence-corrected chi connectivity index (χ1v) is 5.39. The van der Waals surface area contributed by atoms with Crippen LogP contribution in [0.2, 0.25) is 0 Å². The summed E-state index contributed by atoms with van der Waals surface area (Å²) in [4.78, 5) is 10.8. The molecule has 1 heterocycles. The zero-order chi connectivity index (χ0) is 10.1. The van der Waals surface area contributed by atoms with Crippen molar-refractivity contribution >= 4 is 33.4 Å². The topological polar surface area (TPSA) is 43.1 Å². The predicted molar refractivity (Wildman–Crippen MR) is 61.0 cm³/mol. The molecular weight excluding hydrogens is 194 g/mol. The zero-order valence-corrected chi connectivity index (χ0v) is 8.73. The third kappa shape index (κ3) is 1.21. The molecule has 0 fully saturated rings. The highest BCUT2D eigenvalue weighted by molar-refractivity contribution is 7.17. The van der Waals surface area contributed by atoms with Crippen LogP contribution in [0.15, 0.2) is 17.5 Å². The largest absolute Gasteiger partial charge is 0.398 e. The molecule has 14 heavy (non-hydrogen) atoms. The van der Waals surface area contributed by atoms with E-state index in [1.807, 2.05) is 17.5 Å². The third-order valence-corrected chi connectivity index (χ3v) is 3.36. The Labute approximate surface area is 86.3 Å². The van der Waals surface area contributed by atoms with E-state index in [-0.39, 0.29) is 0 Å². The van der Waals surface area contributed by atoms with Gasteiger partial charge < -0.3 is 5.73 Å². The Bertz CT molecular complexity index is 487. The number of carbonyl (C=O) groups is 1. The SMILES string of the molecule is CCc1c(N)ccc2scc(C=O)c12. The maximum absolute atomic E-state index is 10.8. The van der Waals surface area contributed by atoms with Crippen molar-refractivity contribution in [2.45, 2.75) is 13.3 Å². The summed E-state index contributed by atoms with van der Waals surface area (Å²) in [5, 5.41) is 2.92. The van der Waals surface area contributed by atoms with E-state index in [9.17, 15) is 4.79 Å². The van der Waals surface area contributed by atoms with Gasteiger partial charge in [-0.1, -0.05) is 6.92 Å². The lowest BCUT2D eigenvalue weighted by molar-refractivity contribution is 0.112. The Morgan fingerprint density at radius 3 is 2.93 bits per heavy atom. The Hall–Kier alpha value is -1.35. The number of nitrogen functional groups attached to an aromatic ring is 1. The minimum atomic E-state index is 0.758. The van der Waals surface area contributed by atoms with Crippen LogP contribution in [0.3, 0.4) is 0 Å². The maximum atomic E-state index is 10.8. The van der Waals surface area contributed by atoms with Crippen molar-refractivity contribution in [3.8, 4) is 0 Å². The summed E-state index contributed by atoms with van der Waals surface area (Å²) in [6.45, 7) is 2.05. The average molecular weight is 205 g/mol. The van der Waals surface area contributed by atoms with Crippen LogP contribution in [0, 0.1) is 0 Å². The lowest BCUT2D eigenvalue weighted by Crippen LogP contribution is -1.94. The summed E-state index contributed by atoms with van der Waals surface area (Å²) in [6, 6.07) is 3.88. The highest BCUT2D eigenvalue weighted by atomic mass is 32.1. The van der Waals surface area contributed by atoms with E-state index in [0.717, 1.165) is 39.6 Å². The molecule has 3 heteroatoms. The summed E-state index contributed by atoms with van der Waals surface area (Å²) in [7, 11) is 0. The Balaban J connectivity index is 2.88. The van der Waals surface area contributed by atoms with Crippen LogP contribution in [-0.4, -0.2) is 6.29 Å². The fourth-order valence-corrected chi connectivity index (χ4v) is 2.64. The van der Waals surface area contributed by atoms with Gasteiger partial charge in [0.2, 0.25) is 0 Å². The minimum absolute atomic E-state index is 0.758. The van der Waals surface area contributed by atoms with Gasteiger partial charge in [0.25, 0.3) is 0 Å². The number of benzene rings is 1. The minimum Gasteiger partial charge on any atom is -0.398 e. The number of carbonyl (C=O) groups excluding carboxylic acids is 1. The van der Waals surface area contributed by atoms with Crippen LogP contribution in [-0.2, 0) is 6.42 Å². The molecule has 0 radical (unpaired) electrons. The monoisotopic (exact) mass is 205 g/mol. The van der Waals surface area contributed by atoms with Gasteiger partial charge in [0.1, 0.15) is 0 Å². The molecule has 72 valence electrons. The Morgan fingerprint density at radius 2 is 2.29 bits per heavy atom. The number of hydrogen-bond acceptors (Lipinski definition) is 3. The highest BCUT2D eigenvalue weighted by Crippen LogP contribution is 2.31. The van der Waals surface area contributed by atoms with Crippen molar-refractivity contribution < 1.29 is 4.79 Å². The Morgan fingerprint density at radius 1 is 1.50 bits per heavy atom. The molecule has 0 aliphatic rings. The van der Waals surface area contributed by atoms with Crippen LogP contribution in [0.5, 0.6) is 0 Å². The number of anilines is 1. The second-order valence-corrected chi connectivity index (χ2v) is 4.08. The van der Waals surface area contributed by atoms with Crippen molar-refractivity contribution in [1.29, 1.82) is 0 Å². The molecule has 0 spiro atoms. The fourth-order valence-electron chi connectivity index (χ4n) is 1.71. The first-order chi connectivity index (χ1) is 6.77. The zero-order valence-electron chi connectivity index (χ0n) is 7.91. The summed E-state index contributed by atoms with van der Waals surface area (Å²) in [5.74, 6) is 0. The second kappa shape index (κ2) is 3.42. The van der Waals surface area contributed by atoms with Crippen molar-refractivity contribution in [3.63, 3.8) is 0 Å². The van der Waals surface area contributed by atoms with E-state index in [1.54, 1.807) is 11.3 Å². The van der Waals surface area contributed by atoms with Gasteiger partial charge in [0, 0.05) is 26.7 Å². The third-order valence-electron chi connectivity index (χ3n) is 2.39. The van der Waals surface area contributed by atoms with Gasteiger partial charge in [-0.05, 0) is 24.1 Å². The first kappa shape index (κ1) is 9.21. The van der Waals surface area contributed by atoms with Crippen molar-refractivity contribution in [2.24, 2.45) is 0 Å². The molecule has 0 aliphatic heterocycles. The van der Waals surface area contributed by atoms with E-state index < -0.39 is 0 Å². The predicted octanol–water partition coefficient (Wildman–Crippen LogP) is 2.86. The van der Waals surface area contributed by atoms with E-state index in [4.69, 9.17) is 5.73 Å². The van der Waals surface area contributed by atoms with E-state index in [0.29, 0.717) is 0 Å². The molecule has 1 aromatic carbocycles. The summed E-state index contributed by atoms with van der Waals surface area (Å²) >= 11 is 1.59. The quantitative estimate of drug-likeness (QED) is 0.605. The van der Waals surface area contributed by atoms with E-state index >= 15 is 0 Å². The molecule has 2 N–H and O–H groups in total. The smallest absolute Gasteiger partial charge is 0.151 e. The number of rotatable bonds is 2. The molecule has 0 amide bonds. The summed E-state index contributed by atoms with van der Waals surface area (Å²) < 4.78 is 1.14. The van der Waals surface area contributed by atoms with E-state index in [1.165, 1.54) is 0 Å². The van der Waals surface area contributed by atoms with Gasteiger partial charge in [-0.3, -0.25) is 4.79 Å². The molecule has 0 atom stereocenters. The second-order valence-electron chi connectivity index (χ2n) is 3.17. The van der Waals surface area contributed by atoms with Gasteiger partial charge in [-0.2, -0.15) is 0 Å². The van der Waals surface area contributed by atoms with Crippen LogP contribution >= 0.6 is 11.3 Å². The van der Waals surface area contributed by atoms with Gasteiger partial charge in [-0.25, -0.2) is 0 Å². The molecule has 2 rings (SSSR count). The summed E-state index contributed by atoms with van der Waals surface area (Å²) in [6.07, 6.45) is 1.76. The highest BCUT2D eigenvalue weighted by Gasteiger charge is 2.09. The average Bonchev–Trinajstić information content (AvgIpc) is 2.61. The molecule has 0 saturated heterocycles. The Kier molecular flexibility index (Phi) is 2.25. The van der Waals surface area contributed by atoms with Crippen LogP contribution < -0.4 is 5.73 Å². The lowest BCUT2D eigenvalue weighted by Gasteiger charge is -2.04. The molecule has 0 saturated carbocycles. The molecule has 0 bridgehead atoms. The van der Waals surface area contributed by atoms with Gasteiger partial charge in [-0.15, -0.1) is 11.3 Å². The van der Waals surface area contributed by atoms with Crippen molar-refractivity contribution in [3.05, 3.63) is 28.6 Å². The van der Waals surface area contributed by atoms with Crippen LogP contribution in [0.4, 0.5) is 5.69 Å². The maximum Gasteiger partial charge on any atom is 0.151 e. The van der Waals surface area contributed by atoms with E-state index in [2.05, 4.69) is 6.92 Å². The van der Waals surface area contributed by atoms with Gasteiger partial charge in [0.15, 0.2) is 6.29 Å². The summed E-state index contributed by atoms with van der Waals surface area (Å²) in [5.41, 5.74) is 8.50. The van der Waals surface area contributed by atoms with Crippen LogP contribution in [0.25, 0.3) is 10.1 Å². The number of aryl methyl sites for hydroxylation is 1. The molecule has 0 unspecified atom stereocenters.